The van der Waals surface area contributed by atoms with E-state index in [4.69, 9.17) is 10.5 Å². The van der Waals surface area contributed by atoms with Crippen molar-refractivity contribution in [2.24, 2.45) is 0 Å². The van der Waals surface area contributed by atoms with Gasteiger partial charge in [0.2, 0.25) is 0 Å². The molecule has 0 aliphatic heterocycles. The molecule has 0 aliphatic rings. The maximum absolute atomic E-state index is 11.7. The van der Waals surface area contributed by atoms with Crippen LogP contribution in [0.3, 0.4) is 0 Å². The molecule has 0 bridgehead atoms. The molecule has 0 atom stereocenters. The van der Waals surface area contributed by atoms with Crippen molar-refractivity contribution >= 4 is 38.5 Å². The number of rotatable bonds is 2. The van der Waals surface area contributed by atoms with E-state index in [1.807, 2.05) is 18.2 Å². The van der Waals surface area contributed by atoms with E-state index in [-0.39, 0.29) is 0 Å². The number of nitrogens with zero attached hydrogens (tertiary/aromatic N) is 1. The third kappa shape index (κ3) is 2.10. The number of pyridine rings is 1. The Kier molecular flexibility index (Phi) is 3.28. The maximum Gasteiger partial charge on any atom is 0.341 e. The van der Waals surface area contributed by atoms with Gasteiger partial charge in [0.05, 0.1) is 17.8 Å². The van der Waals surface area contributed by atoms with E-state index < -0.39 is 5.97 Å². The second-order valence-corrected chi connectivity index (χ2v) is 4.29. The highest BCUT2D eigenvalue weighted by Gasteiger charge is 2.15. The first kappa shape index (κ1) is 11.9. The molecule has 0 spiro atoms. The monoisotopic (exact) mass is 294 g/mol. The summed E-state index contributed by atoms with van der Waals surface area (Å²) in [5.74, 6) is -0.449. The zero-order valence-corrected chi connectivity index (χ0v) is 10.8. The number of esters is 1. The van der Waals surface area contributed by atoms with Crippen molar-refractivity contribution in [2.45, 2.75) is 6.92 Å². The highest BCUT2D eigenvalue weighted by atomic mass is 79.9. The molecule has 0 aliphatic carbocycles. The van der Waals surface area contributed by atoms with Gasteiger partial charge in [-0.3, -0.25) is 4.98 Å². The van der Waals surface area contributed by atoms with Crippen LogP contribution in [0.25, 0.3) is 10.9 Å². The van der Waals surface area contributed by atoms with E-state index in [9.17, 15) is 4.79 Å². The van der Waals surface area contributed by atoms with E-state index >= 15 is 0 Å². The number of anilines is 1. The van der Waals surface area contributed by atoms with Crippen LogP contribution in [0.1, 0.15) is 17.3 Å². The Labute approximate surface area is 107 Å². The molecule has 2 aromatic rings. The van der Waals surface area contributed by atoms with E-state index in [1.54, 1.807) is 6.92 Å². The van der Waals surface area contributed by atoms with Crippen LogP contribution in [-0.2, 0) is 4.74 Å². The van der Waals surface area contributed by atoms with Gasteiger partial charge in [0, 0.05) is 16.1 Å². The van der Waals surface area contributed by atoms with Gasteiger partial charge in [0.1, 0.15) is 5.56 Å². The number of hydrogen-bond donors (Lipinski definition) is 1. The number of benzene rings is 1. The van der Waals surface area contributed by atoms with Crippen LogP contribution in [0.15, 0.2) is 28.9 Å². The largest absolute Gasteiger partial charge is 0.462 e. The van der Waals surface area contributed by atoms with Gasteiger partial charge in [0.25, 0.3) is 0 Å². The number of halogens is 1. The summed E-state index contributed by atoms with van der Waals surface area (Å²) < 4.78 is 5.73. The number of aromatic nitrogens is 1. The van der Waals surface area contributed by atoms with E-state index in [2.05, 4.69) is 20.9 Å². The summed E-state index contributed by atoms with van der Waals surface area (Å²) in [7, 11) is 0. The molecule has 2 N–H and O–H groups in total. The number of carbonyl (C=O) groups excluding carboxylic acids is 1. The molecule has 1 heterocycles. The molecule has 0 saturated heterocycles. The van der Waals surface area contributed by atoms with Crippen LogP contribution in [0.5, 0.6) is 0 Å². The average molecular weight is 295 g/mol. The normalized spacial score (nSPS) is 10.5. The molecular formula is C12H11BrN2O2. The fourth-order valence-corrected chi connectivity index (χ4v) is 2.17. The Balaban J connectivity index is 2.65. The maximum atomic E-state index is 11.7. The van der Waals surface area contributed by atoms with E-state index in [1.165, 1.54) is 6.20 Å². The fraction of sp³-hybridized carbons (Fsp3) is 0.167. The smallest absolute Gasteiger partial charge is 0.341 e. The van der Waals surface area contributed by atoms with E-state index in [0.717, 1.165) is 15.4 Å². The molecular weight excluding hydrogens is 284 g/mol. The molecule has 0 unspecified atom stereocenters. The van der Waals surface area contributed by atoms with Gasteiger partial charge in [-0.25, -0.2) is 4.79 Å². The highest BCUT2D eigenvalue weighted by molar-refractivity contribution is 9.10. The standard InChI is InChI=1S/C12H11BrN2O2/c1-2-17-12(16)7-6-15-9-5-3-4-8(13)10(9)11(7)14/h3-6H,2H2,1H3,(H2,14,15). The molecule has 0 amide bonds. The highest BCUT2D eigenvalue weighted by Crippen LogP contribution is 2.30. The minimum Gasteiger partial charge on any atom is -0.462 e. The van der Waals surface area contributed by atoms with Crippen molar-refractivity contribution in [3.05, 3.63) is 34.4 Å². The van der Waals surface area contributed by atoms with Gasteiger partial charge in [-0.05, 0) is 19.1 Å². The Morgan fingerprint density at radius 1 is 1.53 bits per heavy atom. The Morgan fingerprint density at radius 2 is 2.29 bits per heavy atom. The van der Waals surface area contributed by atoms with Crippen molar-refractivity contribution < 1.29 is 9.53 Å². The molecule has 1 aromatic carbocycles. The summed E-state index contributed by atoms with van der Waals surface area (Å²) >= 11 is 3.40. The van der Waals surface area contributed by atoms with Gasteiger partial charge < -0.3 is 10.5 Å². The molecule has 1 aromatic heterocycles. The summed E-state index contributed by atoms with van der Waals surface area (Å²) in [4.78, 5) is 15.9. The SMILES string of the molecule is CCOC(=O)c1cnc2cccc(Br)c2c1N. The van der Waals surface area contributed by atoms with Gasteiger partial charge in [-0.2, -0.15) is 0 Å². The predicted molar refractivity (Wildman–Crippen MR) is 69.8 cm³/mol. The Bertz CT molecular complexity index is 584. The molecule has 4 nitrogen and oxygen atoms in total. The van der Waals surface area contributed by atoms with Crippen LogP contribution in [0.2, 0.25) is 0 Å². The first-order valence-electron chi connectivity index (χ1n) is 5.15. The molecule has 0 fully saturated rings. The van der Waals surface area contributed by atoms with Gasteiger partial charge in [-0.1, -0.05) is 22.0 Å². The summed E-state index contributed by atoms with van der Waals surface area (Å²) in [6.07, 6.45) is 1.45. The van der Waals surface area contributed by atoms with Gasteiger partial charge in [0.15, 0.2) is 0 Å². The first-order chi connectivity index (χ1) is 8.15. The number of hydrogen-bond acceptors (Lipinski definition) is 4. The molecule has 0 saturated carbocycles. The average Bonchev–Trinajstić information content (AvgIpc) is 2.29. The lowest BCUT2D eigenvalue weighted by molar-refractivity contribution is 0.0527. The van der Waals surface area contributed by atoms with E-state index in [0.29, 0.717) is 17.9 Å². The number of ether oxygens (including phenoxy) is 1. The van der Waals surface area contributed by atoms with Crippen LogP contribution >= 0.6 is 15.9 Å². The fourth-order valence-electron chi connectivity index (χ4n) is 1.60. The van der Waals surface area contributed by atoms with Crippen molar-refractivity contribution in [3.63, 3.8) is 0 Å². The van der Waals surface area contributed by atoms with Gasteiger partial charge >= 0.3 is 5.97 Å². The van der Waals surface area contributed by atoms with Crippen molar-refractivity contribution in [2.75, 3.05) is 12.3 Å². The summed E-state index contributed by atoms with van der Waals surface area (Å²) in [5, 5.41) is 0.734. The van der Waals surface area contributed by atoms with Crippen LogP contribution in [0.4, 0.5) is 5.69 Å². The van der Waals surface area contributed by atoms with Crippen LogP contribution < -0.4 is 5.73 Å². The van der Waals surface area contributed by atoms with Crippen molar-refractivity contribution in [3.8, 4) is 0 Å². The van der Waals surface area contributed by atoms with Gasteiger partial charge in [-0.15, -0.1) is 0 Å². The number of nitrogens with two attached hydrogens (primary N) is 1. The summed E-state index contributed by atoms with van der Waals surface area (Å²) in [5.41, 5.74) is 7.41. The van der Waals surface area contributed by atoms with Crippen LogP contribution in [0, 0.1) is 0 Å². The molecule has 2 rings (SSSR count). The summed E-state index contributed by atoms with van der Waals surface area (Å²) in [6.45, 7) is 2.06. The number of fused-ring (bicyclic) bond motifs is 1. The zero-order chi connectivity index (χ0) is 12.4. The number of carbonyl (C=O) groups is 1. The minimum absolute atomic E-state index is 0.297. The lowest BCUT2D eigenvalue weighted by Gasteiger charge is -2.08. The molecule has 5 heteroatoms. The minimum atomic E-state index is -0.449. The second-order valence-electron chi connectivity index (χ2n) is 3.44. The first-order valence-corrected chi connectivity index (χ1v) is 5.94. The lowest BCUT2D eigenvalue weighted by Crippen LogP contribution is -2.09. The summed E-state index contributed by atoms with van der Waals surface area (Å²) in [6, 6.07) is 5.56. The lowest BCUT2D eigenvalue weighted by atomic mass is 10.1. The Hall–Kier alpha value is -1.62. The molecule has 17 heavy (non-hydrogen) atoms. The molecule has 88 valence electrons. The third-order valence-electron chi connectivity index (χ3n) is 2.38. The molecule has 0 radical (unpaired) electrons. The van der Waals surface area contributed by atoms with Crippen molar-refractivity contribution in [1.29, 1.82) is 0 Å². The quantitative estimate of drug-likeness (QED) is 0.865. The zero-order valence-electron chi connectivity index (χ0n) is 9.24. The van der Waals surface area contributed by atoms with Crippen molar-refractivity contribution in [1.82, 2.24) is 4.98 Å². The predicted octanol–water partition coefficient (Wildman–Crippen LogP) is 2.76. The topological polar surface area (TPSA) is 65.2 Å². The van der Waals surface area contributed by atoms with Crippen LogP contribution in [-0.4, -0.2) is 17.6 Å². The third-order valence-corrected chi connectivity index (χ3v) is 3.04. The Morgan fingerprint density at radius 3 is 3.00 bits per heavy atom. The number of nitrogen functional groups attached to an aromatic ring is 1. The second kappa shape index (κ2) is 4.71.